The van der Waals surface area contributed by atoms with Crippen LogP contribution in [0.2, 0.25) is 0 Å². The Balaban J connectivity index is 1.25. The molecule has 0 radical (unpaired) electrons. The molecule has 9 aromatic rings. The lowest BCUT2D eigenvalue weighted by molar-refractivity contribution is 1.63. The first kappa shape index (κ1) is 24.4. The maximum atomic E-state index is 2.40. The van der Waals surface area contributed by atoms with Gasteiger partial charge in [-0.3, -0.25) is 0 Å². The lowest BCUT2D eigenvalue weighted by atomic mass is 9.85. The van der Waals surface area contributed by atoms with E-state index in [1.54, 1.807) is 0 Å². The normalized spacial score (nSPS) is 11.7. The number of fused-ring (bicyclic) bond motifs is 6. The molecule has 0 nitrogen and oxygen atoms in total. The smallest absolute Gasteiger partial charge is 0.0355 e. The highest BCUT2D eigenvalue weighted by Crippen LogP contribution is 2.45. The van der Waals surface area contributed by atoms with Crippen molar-refractivity contribution >= 4 is 63.8 Å². The van der Waals surface area contributed by atoms with E-state index < -0.39 is 0 Å². The first-order valence-corrected chi connectivity index (χ1v) is 15.6. The van der Waals surface area contributed by atoms with Crippen molar-refractivity contribution in [2.45, 2.75) is 0 Å². The van der Waals surface area contributed by atoms with Crippen LogP contribution in [0.25, 0.3) is 85.9 Å². The molecule has 0 aliphatic heterocycles. The van der Waals surface area contributed by atoms with Gasteiger partial charge in [-0.15, -0.1) is 11.3 Å². The molecule has 0 unspecified atom stereocenters. The largest absolute Gasteiger partial charge is 0.135 e. The van der Waals surface area contributed by atoms with Gasteiger partial charge in [0, 0.05) is 20.2 Å². The predicted octanol–water partition coefficient (Wildman–Crippen LogP) is 12.5. The second kappa shape index (κ2) is 9.66. The van der Waals surface area contributed by atoms with Crippen LogP contribution < -0.4 is 0 Å². The Kier molecular flexibility index (Phi) is 5.47. The minimum Gasteiger partial charge on any atom is -0.135 e. The average Bonchev–Trinajstić information content (AvgIpc) is 3.45. The molecular weight excluding hydrogens is 537 g/mol. The summed E-state index contributed by atoms with van der Waals surface area (Å²) in [6.45, 7) is 0. The van der Waals surface area contributed by atoms with Gasteiger partial charge in [0.25, 0.3) is 0 Å². The molecule has 0 bridgehead atoms. The van der Waals surface area contributed by atoms with Crippen molar-refractivity contribution in [3.8, 4) is 33.4 Å². The van der Waals surface area contributed by atoms with E-state index in [-0.39, 0.29) is 0 Å². The first-order valence-electron chi connectivity index (χ1n) is 14.8. The molecular formula is C42H26S. The lowest BCUT2D eigenvalue weighted by Gasteiger charge is -2.18. The van der Waals surface area contributed by atoms with Gasteiger partial charge in [-0.2, -0.15) is 0 Å². The van der Waals surface area contributed by atoms with Gasteiger partial charge >= 0.3 is 0 Å². The number of hydrogen-bond donors (Lipinski definition) is 0. The van der Waals surface area contributed by atoms with Gasteiger partial charge in [0.05, 0.1) is 0 Å². The number of benzene rings is 8. The van der Waals surface area contributed by atoms with Crippen molar-refractivity contribution in [2.24, 2.45) is 0 Å². The fourth-order valence-electron chi connectivity index (χ4n) is 6.83. The molecule has 0 saturated heterocycles. The maximum absolute atomic E-state index is 2.40. The summed E-state index contributed by atoms with van der Waals surface area (Å²) >= 11 is 1.87. The van der Waals surface area contributed by atoms with E-state index in [0.717, 1.165) is 0 Å². The number of thiophene rings is 1. The molecule has 0 aliphatic rings. The summed E-state index contributed by atoms with van der Waals surface area (Å²) in [5, 5.41) is 10.3. The fourth-order valence-corrected chi connectivity index (χ4v) is 7.92. The molecule has 1 heteroatoms. The minimum atomic E-state index is 1.23. The fraction of sp³-hybridized carbons (Fsp3) is 0. The Morgan fingerprint density at radius 1 is 0.279 bits per heavy atom. The Morgan fingerprint density at radius 2 is 0.767 bits per heavy atom. The van der Waals surface area contributed by atoms with E-state index in [2.05, 4.69) is 158 Å². The quantitative estimate of drug-likeness (QED) is 0.188. The van der Waals surface area contributed by atoms with Gasteiger partial charge in [-0.1, -0.05) is 133 Å². The Morgan fingerprint density at radius 3 is 1.47 bits per heavy atom. The third-order valence-corrected chi connectivity index (χ3v) is 10.0. The van der Waals surface area contributed by atoms with Crippen LogP contribution in [0.4, 0.5) is 0 Å². The zero-order chi connectivity index (χ0) is 28.3. The topological polar surface area (TPSA) is 0 Å². The van der Waals surface area contributed by atoms with Crippen molar-refractivity contribution in [3.63, 3.8) is 0 Å². The summed E-state index contributed by atoms with van der Waals surface area (Å²) in [5.74, 6) is 0. The van der Waals surface area contributed by atoms with E-state index in [4.69, 9.17) is 0 Å². The molecule has 43 heavy (non-hydrogen) atoms. The van der Waals surface area contributed by atoms with Crippen LogP contribution in [0.1, 0.15) is 0 Å². The van der Waals surface area contributed by atoms with Gasteiger partial charge < -0.3 is 0 Å². The summed E-state index contributed by atoms with van der Waals surface area (Å²) < 4.78 is 2.67. The SMILES string of the molecule is c1ccc2cc(-c3ccc(-c4c5ccccc5c(-c5ccc6sc7ccccc7c6c5)c5ccccc45)cc3)ccc2c1. The zero-order valence-corrected chi connectivity index (χ0v) is 24.2. The van der Waals surface area contributed by atoms with Crippen LogP contribution in [0.15, 0.2) is 158 Å². The molecule has 0 atom stereocenters. The van der Waals surface area contributed by atoms with Crippen LogP contribution in [0.5, 0.6) is 0 Å². The second-order valence-corrected chi connectivity index (χ2v) is 12.4. The molecule has 1 heterocycles. The van der Waals surface area contributed by atoms with Crippen molar-refractivity contribution in [2.75, 3.05) is 0 Å². The molecule has 0 aliphatic carbocycles. The van der Waals surface area contributed by atoms with Crippen LogP contribution in [0, 0.1) is 0 Å². The van der Waals surface area contributed by atoms with Crippen LogP contribution in [-0.2, 0) is 0 Å². The van der Waals surface area contributed by atoms with Crippen LogP contribution in [0.3, 0.4) is 0 Å². The van der Waals surface area contributed by atoms with Crippen molar-refractivity contribution in [3.05, 3.63) is 158 Å². The van der Waals surface area contributed by atoms with Gasteiger partial charge in [0.1, 0.15) is 0 Å². The van der Waals surface area contributed by atoms with Crippen molar-refractivity contribution in [1.82, 2.24) is 0 Å². The van der Waals surface area contributed by atoms with Gasteiger partial charge in [0.15, 0.2) is 0 Å². The van der Waals surface area contributed by atoms with Gasteiger partial charge in [0.2, 0.25) is 0 Å². The highest BCUT2D eigenvalue weighted by Gasteiger charge is 2.17. The molecule has 0 N–H and O–H groups in total. The monoisotopic (exact) mass is 562 g/mol. The number of hydrogen-bond acceptors (Lipinski definition) is 1. The lowest BCUT2D eigenvalue weighted by Crippen LogP contribution is -1.91. The van der Waals surface area contributed by atoms with E-state index >= 15 is 0 Å². The van der Waals surface area contributed by atoms with Crippen LogP contribution >= 0.6 is 11.3 Å². The highest BCUT2D eigenvalue weighted by atomic mass is 32.1. The molecule has 200 valence electrons. The summed E-state index contributed by atoms with van der Waals surface area (Å²) in [6.07, 6.45) is 0. The van der Waals surface area contributed by atoms with Crippen molar-refractivity contribution in [1.29, 1.82) is 0 Å². The van der Waals surface area contributed by atoms with E-state index in [1.807, 2.05) is 11.3 Å². The second-order valence-electron chi connectivity index (χ2n) is 11.3. The predicted molar refractivity (Wildman–Crippen MR) is 188 cm³/mol. The molecule has 1 aromatic heterocycles. The Labute approximate surface area is 254 Å². The summed E-state index contributed by atoms with van der Waals surface area (Å²) in [5.41, 5.74) is 7.58. The third kappa shape index (κ3) is 3.90. The average molecular weight is 563 g/mol. The Bertz CT molecular complexity index is 2440. The molecule has 9 rings (SSSR count). The van der Waals surface area contributed by atoms with E-state index in [1.165, 1.54) is 85.9 Å². The van der Waals surface area contributed by atoms with Crippen LogP contribution in [-0.4, -0.2) is 0 Å². The maximum Gasteiger partial charge on any atom is 0.0355 e. The van der Waals surface area contributed by atoms with E-state index in [9.17, 15) is 0 Å². The van der Waals surface area contributed by atoms with E-state index in [0.29, 0.717) is 0 Å². The molecule has 0 fully saturated rings. The molecule has 0 amide bonds. The zero-order valence-electron chi connectivity index (χ0n) is 23.4. The Hall–Kier alpha value is -5.24. The van der Waals surface area contributed by atoms with Crippen molar-refractivity contribution < 1.29 is 0 Å². The molecule has 0 saturated carbocycles. The third-order valence-electron chi connectivity index (χ3n) is 8.85. The molecule has 8 aromatic carbocycles. The minimum absolute atomic E-state index is 1.23. The summed E-state index contributed by atoms with van der Waals surface area (Å²) in [6, 6.07) is 58.0. The van der Waals surface area contributed by atoms with Gasteiger partial charge in [-0.05, 0) is 90.0 Å². The first-order chi connectivity index (χ1) is 21.3. The summed E-state index contributed by atoms with van der Waals surface area (Å²) in [4.78, 5) is 0. The highest BCUT2D eigenvalue weighted by molar-refractivity contribution is 7.25. The standard InChI is InChI=1S/C42H26S/c1-2-10-30-25-31(22-19-27(30)9-1)28-17-20-29(21-18-28)41-34-12-3-5-14-36(34)42(37-15-6-4-13-35(37)41)32-23-24-40-38(26-32)33-11-7-8-16-39(33)43-40/h1-26H. The van der Waals surface area contributed by atoms with Gasteiger partial charge in [-0.25, -0.2) is 0 Å². The number of rotatable bonds is 3. The molecule has 0 spiro atoms. The summed E-state index contributed by atoms with van der Waals surface area (Å²) in [7, 11) is 0.